The van der Waals surface area contributed by atoms with Crippen molar-refractivity contribution >= 4 is 33.4 Å². The van der Waals surface area contributed by atoms with Crippen LogP contribution in [0.1, 0.15) is 10.4 Å². The average molecular weight is 328 g/mol. The average Bonchev–Trinajstić information content (AvgIpc) is 2.45. The van der Waals surface area contributed by atoms with Gasteiger partial charge in [-0.05, 0) is 18.2 Å². The van der Waals surface area contributed by atoms with Gasteiger partial charge in [-0.25, -0.2) is 8.42 Å². The van der Waals surface area contributed by atoms with Crippen LogP contribution in [0.3, 0.4) is 0 Å². The lowest BCUT2D eigenvalue weighted by Gasteiger charge is -2.33. The third-order valence-electron chi connectivity index (χ3n) is 3.23. The van der Waals surface area contributed by atoms with Gasteiger partial charge < -0.3 is 10.6 Å². The second-order valence-corrected chi connectivity index (χ2v) is 7.96. The predicted molar refractivity (Wildman–Crippen MR) is 80.9 cm³/mol. The Labute approximate surface area is 127 Å². The van der Waals surface area contributed by atoms with Crippen LogP contribution in [0.2, 0.25) is 0 Å². The standard InChI is InChI=1S/C13H16N2O4S2/c1-21(18,19)10-4-2-3-9(7-10)13(17)15-5-6-20-8-11(15)12(14)16/h2-4,7,11H,5-6,8H2,1H3,(H2,14,16). The van der Waals surface area contributed by atoms with Gasteiger partial charge in [0.05, 0.1) is 4.90 Å². The van der Waals surface area contributed by atoms with E-state index in [1.54, 1.807) is 11.8 Å². The lowest BCUT2D eigenvalue weighted by Crippen LogP contribution is -2.52. The van der Waals surface area contributed by atoms with Crippen molar-refractivity contribution in [1.82, 2.24) is 4.90 Å². The minimum Gasteiger partial charge on any atom is -0.368 e. The highest BCUT2D eigenvalue weighted by Gasteiger charge is 2.31. The summed E-state index contributed by atoms with van der Waals surface area (Å²) in [7, 11) is -3.39. The smallest absolute Gasteiger partial charge is 0.254 e. The van der Waals surface area contributed by atoms with E-state index in [9.17, 15) is 18.0 Å². The Bertz CT molecular complexity index is 673. The van der Waals surface area contributed by atoms with E-state index < -0.39 is 21.8 Å². The fourth-order valence-corrected chi connectivity index (χ4v) is 3.83. The van der Waals surface area contributed by atoms with E-state index in [-0.39, 0.29) is 16.4 Å². The van der Waals surface area contributed by atoms with E-state index in [2.05, 4.69) is 0 Å². The SMILES string of the molecule is CS(=O)(=O)c1cccc(C(=O)N2CCSCC2C(N)=O)c1. The van der Waals surface area contributed by atoms with E-state index in [1.165, 1.54) is 29.2 Å². The molecule has 0 radical (unpaired) electrons. The number of thioether (sulfide) groups is 1. The molecule has 2 rings (SSSR count). The molecule has 0 aromatic heterocycles. The molecule has 0 aliphatic carbocycles. The van der Waals surface area contributed by atoms with Crippen LogP contribution in [-0.4, -0.2) is 55.5 Å². The van der Waals surface area contributed by atoms with Crippen molar-refractivity contribution in [1.29, 1.82) is 0 Å². The molecule has 1 atom stereocenters. The second-order valence-electron chi connectivity index (χ2n) is 4.79. The Balaban J connectivity index is 2.33. The zero-order valence-corrected chi connectivity index (χ0v) is 13.1. The van der Waals surface area contributed by atoms with Gasteiger partial charge in [-0.15, -0.1) is 0 Å². The Morgan fingerprint density at radius 3 is 2.71 bits per heavy atom. The number of benzene rings is 1. The predicted octanol–water partition coefficient (Wildman–Crippen LogP) is 0.133. The summed E-state index contributed by atoms with van der Waals surface area (Å²) in [5.74, 6) is 0.271. The number of carbonyl (C=O) groups is 2. The molecule has 1 saturated heterocycles. The first-order chi connectivity index (χ1) is 9.80. The lowest BCUT2D eigenvalue weighted by atomic mass is 10.1. The van der Waals surface area contributed by atoms with Crippen molar-refractivity contribution < 1.29 is 18.0 Å². The van der Waals surface area contributed by atoms with Gasteiger partial charge in [-0.1, -0.05) is 6.07 Å². The topological polar surface area (TPSA) is 97.5 Å². The van der Waals surface area contributed by atoms with E-state index in [4.69, 9.17) is 5.73 Å². The maximum atomic E-state index is 12.5. The molecular formula is C13H16N2O4S2. The molecule has 1 unspecified atom stereocenters. The molecule has 114 valence electrons. The molecule has 8 heteroatoms. The number of rotatable bonds is 3. The van der Waals surface area contributed by atoms with Crippen LogP contribution in [0.5, 0.6) is 0 Å². The van der Waals surface area contributed by atoms with Crippen LogP contribution < -0.4 is 5.73 Å². The van der Waals surface area contributed by atoms with E-state index in [0.29, 0.717) is 12.3 Å². The Morgan fingerprint density at radius 1 is 1.38 bits per heavy atom. The monoisotopic (exact) mass is 328 g/mol. The highest BCUT2D eigenvalue weighted by molar-refractivity contribution is 7.99. The van der Waals surface area contributed by atoms with E-state index in [0.717, 1.165) is 12.0 Å². The minimum atomic E-state index is -3.39. The fourth-order valence-electron chi connectivity index (χ4n) is 2.11. The molecule has 1 fully saturated rings. The molecule has 1 heterocycles. The molecule has 0 bridgehead atoms. The molecule has 0 saturated carbocycles. The van der Waals surface area contributed by atoms with E-state index in [1.807, 2.05) is 0 Å². The van der Waals surface area contributed by atoms with Gasteiger partial charge in [0.15, 0.2) is 9.84 Å². The first-order valence-electron chi connectivity index (χ1n) is 6.29. The summed E-state index contributed by atoms with van der Waals surface area (Å²) in [6.07, 6.45) is 1.08. The molecule has 6 nitrogen and oxygen atoms in total. The largest absolute Gasteiger partial charge is 0.368 e. The fraction of sp³-hybridized carbons (Fsp3) is 0.385. The number of carbonyl (C=O) groups excluding carboxylic acids is 2. The molecule has 2 N–H and O–H groups in total. The van der Waals surface area contributed by atoms with Gasteiger partial charge in [-0.3, -0.25) is 9.59 Å². The maximum absolute atomic E-state index is 12.5. The van der Waals surface area contributed by atoms with Gasteiger partial charge in [0.1, 0.15) is 6.04 Å². The quantitative estimate of drug-likeness (QED) is 0.851. The summed E-state index contributed by atoms with van der Waals surface area (Å²) in [6.45, 7) is 0.417. The summed E-state index contributed by atoms with van der Waals surface area (Å²) in [5.41, 5.74) is 5.58. The zero-order valence-electron chi connectivity index (χ0n) is 11.5. The number of nitrogens with zero attached hydrogens (tertiary/aromatic N) is 1. The Hall–Kier alpha value is -1.54. The van der Waals surface area contributed by atoms with Crippen molar-refractivity contribution in [2.24, 2.45) is 5.73 Å². The van der Waals surface area contributed by atoms with Crippen LogP contribution in [0.25, 0.3) is 0 Å². The van der Waals surface area contributed by atoms with E-state index >= 15 is 0 Å². The van der Waals surface area contributed by atoms with Crippen LogP contribution >= 0.6 is 11.8 Å². The first-order valence-corrected chi connectivity index (χ1v) is 9.33. The molecule has 2 amide bonds. The summed E-state index contributed by atoms with van der Waals surface area (Å²) >= 11 is 1.56. The Morgan fingerprint density at radius 2 is 2.10 bits per heavy atom. The van der Waals surface area contributed by atoms with Gasteiger partial charge in [0.2, 0.25) is 5.91 Å². The summed E-state index contributed by atoms with van der Waals surface area (Å²) < 4.78 is 23.1. The normalized spacial score (nSPS) is 19.3. The van der Waals surface area contributed by atoms with Crippen LogP contribution in [-0.2, 0) is 14.6 Å². The van der Waals surface area contributed by atoms with Crippen LogP contribution in [0, 0.1) is 0 Å². The minimum absolute atomic E-state index is 0.0790. The summed E-state index contributed by atoms with van der Waals surface area (Å²) in [6, 6.07) is 5.16. The second kappa shape index (κ2) is 6.07. The third kappa shape index (κ3) is 3.56. The molecule has 1 aromatic carbocycles. The van der Waals surface area contributed by atoms with Crippen molar-refractivity contribution in [3.63, 3.8) is 0 Å². The molecule has 0 spiro atoms. The zero-order chi connectivity index (χ0) is 15.6. The number of nitrogens with two attached hydrogens (primary N) is 1. The number of sulfone groups is 1. The molecule has 21 heavy (non-hydrogen) atoms. The molecule has 1 aliphatic heterocycles. The number of primary amides is 1. The van der Waals surface area contributed by atoms with Gasteiger partial charge >= 0.3 is 0 Å². The van der Waals surface area contributed by atoms with Gasteiger partial charge in [0.25, 0.3) is 5.91 Å². The molecule has 1 aromatic rings. The van der Waals surface area contributed by atoms with Crippen LogP contribution in [0.15, 0.2) is 29.2 Å². The Kier molecular flexibility index (Phi) is 4.58. The lowest BCUT2D eigenvalue weighted by molar-refractivity contribution is -0.121. The number of hydrogen-bond acceptors (Lipinski definition) is 5. The number of amides is 2. The highest BCUT2D eigenvalue weighted by atomic mass is 32.2. The van der Waals surface area contributed by atoms with Gasteiger partial charge in [0, 0.05) is 29.9 Å². The summed E-state index contributed by atoms with van der Waals surface area (Å²) in [5, 5.41) is 0. The van der Waals surface area contributed by atoms with Crippen molar-refractivity contribution in [3.05, 3.63) is 29.8 Å². The molecular weight excluding hydrogens is 312 g/mol. The van der Waals surface area contributed by atoms with Gasteiger partial charge in [-0.2, -0.15) is 11.8 Å². The molecule has 1 aliphatic rings. The van der Waals surface area contributed by atoms with Crippen LogP contribution in [0.4, 0.5) is 0 Å². The highest BCUT2D eigenvalue weighted by Crippen LogP contribution is 2.20. The maximum Gasteiger partial charge on any atom is 0.254 e. The number of hydrogen-bond donors (Lipinski definition) is 1. The first kappa shape index (κ1) is 15.8. The third-order valence-corrected chi connectivity index (χ3v) is 5.36. The van der Waals surface area contributed by atoms with Crippen molar-refractivity contribution in [3.8, 4) is 0 Å². The van der Waals surface area contributed by atoms with Crippen molar-refractivity contribution in [2.45, 2.75) is 10.9 Å². The van der Waals surface area contributed by atoms with Crippen molar-refractivity contribution in [2.75, 3.05) is 24.3 Å². The summed E-state index contributed by atoms with van der Waals surface area (Å²) in [4.78, 5) is 25.4.